The van der Waals surface area contributed by atoms with Crippen molar-refractivity contribution in [3.8, 4) is 0 Å². The van der Waals surface area contributed by atoms with Crippen LogP contribution in [0.15, 0.2) is 17.5 Å². The van der Waals surface area contributed by atoms with Crippen LogP contribution in [0.3, 0.4) is 0 Å². The summed E-state index contributed by atoms with van der Waals surface area (Å²) in [6.07, 6.45) is 0. The van der Waals surface area contributed by atoms with Crippen LogP contribution in [0.2, 0.25) is 0 Å². The van der Waals surface area contributed by atoms with Gasteiger partial charge in [-0.3, -0.25) is 4.79 Å². The van der Waals surface area contributed by atoms with E-state index in [1.165, 1.54) is 11.3 Å². The van der Waals surface area contributed by atoms with Crippen LogP contribution >= 0.6 is 22.9 Å². The highest BCUT2D eigenvalue weighted by Gasteiger charge is 2.05. The third kappa shape index (κ3) is 2.93. The molecule has 0 aromatic carbocycles. The number of alkyl halides is 1. The average Bonchev–Trinajstić information content (AvgIpc) is 2.56. The zero-order valence-electron chi connectivity index (χ0n) is 6.46. The Balaban J connectivity index is 2.30. The summed E-state index contributed by atoms with van der Waals surface area (Å²) in [6.45, 7) is 0.561. The second kappa shape index (κ2) is 5.30. The van der Waals surface area contributed by atoms with E-state index in [4.69, 9.17) is 16.3 Å². The van der Waals surface area contributed by atoms with Crippen molar-refractivity contribution in [3.63, 3.8) is 0 Å². The molecule has 0 bridgehead atoms. The van der Waals surface area contributed by atoms with Crippen LogP contribution in [0.25, 0.3) is 0 Å². The Labute approximate surface area is 80.1 Å². The van der Waals surface area contributed by atoms with Crippen molar-refractivity contribution in [1.82, 2.24) is 0 Å². The third-order valence-electron chi connectivity index (χ3n) is 1.25. The fourth-order valence-corrected chi connectivity index (χ4v) is 1.49. The number of carbonyl (C=O) groups excluding carboxylic acids is 1. The van der Waals surface area contributed by atoms with Crippen molar-refractivity contribution in [2.75, 3.05) is 19.1 Å². The van der Waals surface area contributed by atoms with Gasteiger partial charge in [-0.05, 0) is 11.4 Å². The predicted molar refractivity (Wildman–Crippen MR) is 50.2 cm³/mol. The molecule has 1 heterocycles. The van der Waals surface area contributed by atoms with Crippen LogP contribution in [0.5, 0.6) is 0 Å². The summed E-state index contributed by atoms with van der Waals surface area (Å²) in [5.41, 5.74) is 0. The SMILES string of the molecule is O=C(COCCCl)c1cccs1. The van der Waals surface area contributed by atoms with Crippen LogP contribution in [0.4, 0.5) is 0 Å². The first-order valence-electron chi connectivity index (χ1n) is 3.55. The second-order valence-electron chi connectivity index (χ2n) is 2.14. The number of hydrogen-bond acceptors (Lipinski definition) is 3. The fraction of sp³-hybridized carbons (Fsp3) is 0.375. The van der Waals surface area contributed by atoms with Crippen LogP contribution < -0.4 is 0 Å². The fourth-order valence-electron chi connectivity index (χ4n) is 0.728. The lowest BCUT2D eigenvalue weighted by molar-refractivity contribution is 0.0790. The summed E-state index contributed by atoms with van der Waals surface area (Å²) in [4.78, 5) is 12.0. The first-order valence-corrected chi connectivity index (χ1v) is 4.96. The van der Waals surface area contributed by atoms with Crippen molar-refractivity contribution >= 4 is 28.7 Å². The number of hydrogen-bond donors (Lipinski definition) is 0. The minimum atomic E-state index is 0.0233. The molecule has 66 valence electrons. The molecule has 0 aliphatic carbocycles. The van der Waals surface area contributed by atoms with Gasteiger partial charge in [0.2, 0.25) is 0 Å². The van der Waals surface area contributed by atoms with Crippen molar-refractivity contribution in [3.05, 3.63) is 22.4 Å². The topological polar surface area (TPSA) is 26.3 Å². The van der Waals surface area contributed by atoms with Crippen molar-refractivity contribution in [2.24, 2.45) is 0 Å². The van der Waals surface area contributed by atoms with Crippen molar-refractivity contribution < 1.29 is 9.53 Å². The van der Waals surface area contributed by atoms with Crippen LogP contribution in [-0.4, -0.2) is 24.9 Å². The smallest absolute Gasteiger partial charge is 0.198 e. The molecule has 0 aliphatic rings. The highest BCUT2D eigenvalue weighted by atomic mass is 35.5. The Morgan fingerprint density at radius 1 is 1.67 bits per heavy atom. The van der Waals surface area contributed by atoms with Crippen LogP contribution in [-0.2, 0) is 4.74 Å². The molecule has 0 amide bonds. The Morgan fingerprint density at radius 3 is 3.08 bits per heavy atom. The number of rotatable bonds is 5. The minimum Gasteiger partial charge on any atom is -0.372 e. The maximum Gasteiger partial charge on any atom is 0.198 e. The zero-order chi connectivity index (χ0) is 8.81. The lowest BCUT2D eigenvalue weighted by atomic mass is 10.3. The van der Waals surface area contributed by atoms with E-state index in [1.54, 1.807) is 6.07 Å². The van der Waals surface area contributed by atoms with Gasteiger partial charge in [-0.15, -0.1) is 22.9 Å². The number of halogens is 1. The van der Waals surface area contributed by atoms with Gasteiger partial charge in [0.1, 0.15) is 6.61 Å². The first-order chi connectivity index (χ1) is 5.84. The molecule has 0 aliphatic heterocycles. The maximum atomic E-state index is 11.2. The normalized spacial score (nSPS) is 10.1. The summed E-state index contributed by atoms with van der Waals surface area (Å²) in [5, 5.41) is 1.87. The van der Waals surface area contributed by atoms with Gasteiger partial charge in [-0.1, -0.05) is 6.07 Å². The summed E-state index contributed by atoms with van der Waals surface area (Å²) in [7, 11) is 0. The Morgan fingerprint density at radius 2 is 2.50 bits per heavy atom. The van der Waals surface area contributed by atoms with E-state index < -0.39 is 0 Å². The number of ketones is 1. The molecule has 0 unspecified atom stereocenters. The van der Waals surface area contributed by atoms with E-state index in [-0.39, 0.29) is 12.4 Å². The standard InChI is InChI=1S/C8H9ClO2S/c9-3-4-11-6-7(10)8-2-1-5-12-8/h1-2,5H,3-4,6H2. The van der Waals surface area contributed by atoms with Crippen LogP contribution in [0, 0.1) is 0 Å². The maximum absolute atomic E-state index is 11.2. The lowest BCUT2D eigenvalue weighted by Crippen LogP contribution is -2.08. The van der Waals surface area contributed by atoms with Gasteiger partial charge in [0.15, 0.2) is 5.78 Å². The molecule has 0 saturated heterocycles. The van der Waals surface area contributed by atoms with E-state index in [9.17, 15) is 4.79 Å². The molecule has 4 heteroatoms. The van der Waals surface area contributed by atoms with E-state index in [1.807, 2.05) is 11.4 Å². The molecule has 0 radical (unpaired) electrons. The number of ether oxygens (including phenoxy) is 1. The average molecular weight is 205 g/mol. The molecule has 0 saturated carbocycles. The van der Waals surface area contributed by atoms with Gasteiger partial charge in [0, 0.05) is 5.88 Å². The molecule has 0 fully saturated rings. The molecule has 0 spiro atoms. The Hall–Kier alpha value is -0.380. The van der Waals surface area contributed by atoms with E-state index in [0.717, 1.165) is 4.88 Å². The molecule has 12 heavy (non-hydrogen) atoms. The Bertz CT molecular complexity index is 233. The quantitative estimate of drug-likeness (QED) is 0.418. The van der Waals surface area contributed by atoms with Gasteiger partial charge in [0.05, 0.1) is 11.5 Å². The summed E-state index contributed by atoms with van der Waals surface area (Å²) < 4.78 is 4.99. The molecule has 0 N–H and O–H groups in total. The largest absolute Gasteiger partial charge is 0.372 e. The summed E-state index contributed by atoms with van der Waals surface area (Å²) >= 11 is 6.80. The molecular formula is C8H9ClO2S. The molecule has 1 aromatic heterocycles. The second-order valence-corrected chi connectivity index (χ2v) is 3.47. The summed E-state index contributed by atoms with van der Waals surface area (Å²) in [6, 6.07) is 3.64. The van der Waals surface area contributed by atoms with Crippen LogP contribution in [0.1, 0.15) is 9.67 Å². The van der Waals surface area contributed by atoms with Gasteiger partial charge in [0.25, 0.3) is 0 Å². The lowest BCUT2D eigenvalue weighted by Gasteiger charge is -1.97. The molecule has 0 atom stereocenters. The van der Waals surface area contributed by atoms with Gasteiger partial charge in [-0.25, -0.2) is 0 Å². The molecule has 1 aromatic rings. The number of thiophene rings is 1. The summed E-state index contributed by atoms with van der Waals surface area (Å²) in [5.74, 6) is 0.452. The molecule has 2 nitrogen and oxygen atoms in total. The van der Waals surface area contributed by atoms with E-state index >= 15 is 0 Å². The first kappa shape index (κ1) is 9.71. The third-order valence-corrected chi connectivity index (χ3v) is 2.32. The molecular weight excluding hydrogens is 196 g/mol. The van der Waals surface area contributed by atoms with E-state index in [2.05, 4.69) is 0 Å². The van der Waals surface area contributed by atoms with E-state index in [0.29, 0.717) is 12.5 Å². The minimum absolute atomic E-state index is 0.0233. The van der Waals surface area contributed by atoms with Crippen molar-refractivity contribution in [2.45, 2.75) is 0 Å². The van der Waals surface area contributed by atoms with Gasteiger partial charge in [-0.2, -0.15) is 0 Å². The number of Topliss-reactive ketones (excluding diaryl/α,β-unsaturated/α-hetero) is 1. The zero-order valence-corrected chi connectivity index (χ0v) is 8.03. The highest BCUT2D eigenvalue weighted by Crippen LogP contribution is 2.08. The monoisotopic (exact) mass is 204 g/mol. The highest BCUT2D eigenvalue weighted by molar-refractivity contribution is 7.12. The van der Waals surface area contributed by atoms with Gasteiger partial charge >= 0.3 is 0 Å². The van der Waals surface area contributed by atoms with Gasteiger partial charge < -0.3 is 4.74 Å². The molecule has 1 rings (SSSR count). The van der Waals surface area contributed by atoms with Crippen molar-refractivity contribution in [1.29, 1.82) is 0 Å². The number of carbonyl (C=O) groups is 1. The predicted octanol–water partition coefficient (Wildman–Crippen LogP) is 2.19. The Kier molecular flexibility index (Phi) is 4.29.